The van der Waals surface area contributed by atoms with Gasteiger partial charge in [-0.1, -0.05) is 0 Å². The van der Waals surface area contributed by atoms with E-state index in [9.17, 15) is 4.79 Å². The van der Waals surface area contributed by atoms with Crippen LogP contribution >= 0.6 is 0 Å². The molecule has 1 aromatic carbocycles. The highest BCUT2D eigenvalue weighted by atomic mass is 16.5. The monoisotopic (exact) mass is 263 g/mol. The van der Waals surface area contributed by atoms with Gasteiger partial charge in [-0.2, -0.15) is 0 Å². The third-order valence-electron chi connectivity index (χ3n) is 3.36. The Morgan fingerprint density at radius 2 is 2.26 bits per heavy atom. The van der Waals surface area contributed by atoms with Crippen LogP contribution in [-0.2, 0) is 4.74 Å². The molecule has 5 N–H and O–H groups in total. The van der Waals surface area contributed by atoms with Crippen molar-refractivity contribution in [2.24, 2.45) is 5.73 Å². The first-order valence-corrected chi connectivity index (χ1v) is 6.71. The van der Waals surface area contributed by atoms with Crippen LogP contribution < -0.4 is 16.8 Å². The van der Waals surface area contributed by atoms with Gasteiger partial charge in [0.15, 0.2) is 0 Å². The van der Waals surface area contributed by atoms with Gasteiger partial charge in [-0.05, 0) is 43.9 Å². The van der Waals surface area contributed by atoms with Crippen molar-refractivity contribution in [1.82, 2.24) is 0 Å². The van der Waals surface area contributed by atoms with E-state index in [2.05, 4.69) is 5.32 Å². The number of ether oxygens (including phenoxy) is 1. The van der Waals surface area contributed by atoms with Gasteiger partial charge in [0, 0.05) is 24.5 Å². The molecule has 1 aromatic rings. The van der Waals surface area contributed by atoms with Gasteiger partial charge in [0.1, 0.15) is 0 Å². The number of nitrogens with two attached hydrogens (primary N) is 2. The molecule has 0 saturated carbocycles. The zero-order valence-electron chi connectivity index (χ0n) is 11.0. The summed E-state index contributed by atoms with van der Waals surface area (Å²) in [6.45, 7) is 1.60. The molecule has 0 spiro atoms. The number of nitrogens with one attached hydrogen (secondary N) is 1. The smallest absolute Gasteiger partial charge is 0.250 e. The molecule has 1 aliphatic heterocycles. The van der Waals surface area contributed by atoms with E-state index in [1.807, 2.05) is 0 Å². The lowest BCUT2D eigenvalue weighted by Crippen LogP contribution is -2.22. The van der Waals surface area contributed by atoms with Gasteiger partial charge in [0.25, 0.3) is 5.91 Å². The summed E-state index contributed by atoms with van der Waals surface area (Å²) >= 11 is 0. The Morgan fingerprint density at radius 3 is 2.95 bits per heavy atom. The van der Waals surface area contributed by atoms with Crippen molar-refractivity contribution in [3.8, 4) is 0 Å². The lowest BCUT2D eigenvalue weighted by atomic mass is 10.1. The van der Waals surface area contributed by atoms with E-state index in [4.69, 9.17) is 16.2 Å². The van der Waals surface area contributed by atoms with Crippen LogP contribution in [0.3, 0.4) is 0 Å². The van der Waals surface area contributed by atoms with Crippen LogP contribution in [0, 0.1) is 0 Å². The van der Waals surface area contributed by atoms with Crippen LogP contribution in [0.25, 0.3) is 0 Å². The van der Waals surface area contributed by atoms with Gasteiger partial charge >= 0.3 is 0 Å². The van der Waals surface area contributed by atoms with Crippen LogP contribution in [0.2, 0.25) is 0 Å². The van der Waals surface area contributed by atoms with Crippen LogP contribution in [0.15, 0.2) is 18.2 Å². The Bertz CT molecular complexity index is 442. The number of hydrogen-bond acceptors (Lipinski definition) is 4. The molecule has 1 heterocycles. The highest BCUT2D eigenvalue weighted by Gasteiger charge is 2.14. The normalized spacial score (nSPS) is 19.1. The van der Waals surface area contributed by atoms with E-state index < -0.39 is 5.91 Å². The van der Waals surface area contributed by atoms with E-state index in [1.165, 1.54) is 6.42 Å². The molecule has 1 amide bonds. The Balaban J connectivity index is 1.91. The molecule has 1 fully saturated rings. The molecule has 19 heavy (non-hydrogen) atoms. The molecule has 2 rings (SSSR count). The van der Waals surface area contributed by atoms with E-state index in [1.54, 1.807) is 18.2 Å². The molecule has 1 saturated heterocycles. The number of carbonyl (C=O) groups is 1. The molecular formula is C14H21N3O2. The summed E-state index contributed by atoms with van der Waals surface area (Å²) in [7, 11) is 0. The molecule has 1 atom stereocenters. The Kier molecular flexibility index (Phi) is 4.63. The van der Waals surface area contributed by atoms with Gasteiger partial charge < -0.3 is 21.5 Å². The number of primary amides is 1. The average Bonchev–Trinajstić information content (AvgIpc) is 2.39. The Morgan fingerprint density at radius 1 is 1.42 bits per heavy atom. The minimum absolute atomic E-state index is 0.319. The molecule has 5 nitrogen and oxygen atoms in total. The largest absolute Gasteiger partial charge is 0.399 e. The number of benzene rings is 1. The third kappa shape index (κ3) is 3.86. The second-order valence-electron chi connectivity index (χ2n) is 4.87. The summed E-state index contributed by atoms with van der Waals surface area (Å²) < 4.78 is 5.66. The molecule has 0 bridgehead atoms. The maximum atomic E-state index is 11.3. The van der Waals surface area contributed by atoms with Crippen molar-refractivity contribution in [2.75, 3.05) is 24.2 Å². The molecule has 1 aliphatic rings. The maximum absolute atomic E-state index is 11.3. The first kappa shape index (κ1) is 13.7. The number of nitrogen functional groups attached to an aromatic ring is 1. The molecule has 5 heteroatoms. The SMILES string of the molecule is NC(=O)c1ccc(N)cc1NCCC1CCCCO1. The standard InChI is InChI=1S/C14H21N3O2/c15-10-4-5-12(14(16)18)13(9-10)17-7-6-11-3-1-2-8-19-11/h4-5,9,11,17H,1-3,6-8,15H2,(H2,16,18). The van der Waals surface area contributed by atoms with E-state index in [0.717, 1.165) is 32.4 Å². The fourth-order valence-electron chi connectivity index (χ4n) is 2.33. The zero-order valence-corrected chi connectivity index (χ0v) is 11.0. The minimum atomic E-state index is -0.448. The molecule has 0 aliphatic carbocycles. The van der Waals surface area contributed by atoms with Crippen molar-refractivity contribution < 1.29 is 9.53 Å². The number of rotatable bonds is 5. The lowest BCUT2D eigenvalue weighted by Gasteiger charge is -2.23. The van der Waals surface area contributed by atoms with Crippen molar-refractivity contribution in [1.29, 1.82) is 0 Å². The van der Waals surface area contributed by atoms with Gasteiger partial charge in [-0.25, -0.2) is 0 Å². The van der Waals surface area contributed by atoms with Crippen molar-refractivity contribution in [3.05, 3.63) is 23.8 Å². The van der Waals surface area contributed by atoms with E-state index in [0.29, 0.717) is 23.0 Å². The molecule has 0 radical (unpaired) electrons. The Labute approximate surface area is 113 Å². The minimum Gasteiger partial charge on any atom is -0.399 e. The summed E-state index contributed by atoms with van der Waals surface area (Å²) in [5, 5.41) is 3.22. The topological polar surface area (TPSA) is 90.4 Å². The van der Waals surface area contributed by atoms with Gasteiger partial charge in [0.05, 0.1) is 11.7 Å². The molecule has 104 valence electrons. The fourth-order valence-corrected chi connectivity index (χ4v) is 2.33. The van der Waals surface area contributed by atoms with Gasteiger partial charge in [0.2, 0.25) is 0 Å². The van der Waals surface area contributed by atoms with Crippen LogP contribution in [0.1, 0.15) is 36.0 Å². The Hall–Kier alpha value is -1.75. The summed E-state index contributed by atoms with van der Waals surface area (Å²) in [6, 6.07) is 5.06. The number of carbonyl (C=O) groups excluding carboxylic acids is 1. The van der Waals surface area contributed by atoms with Crippen molar-refractivity contribution in [2.45, 2.75) is 31.8 Å². The van der Waals surface area contributed by atoms with E-state index >= 15 is 0 Å². The average molecular weight is 263 g/mol. The highest BCUT2D eigenvalue weighted by molar-refractivity contribution is 5.99. The summed E-state index contributed by atoms with van der Waals surface area (Å²) in [4.78, 5) is 11.3. The first-order valence-electron chi connectivity index (χ1n) is 6.71. The summed E-state index contributed by atoms with van der Waals surface area (Å²) in [5.41, 5.74) is 12.8. The number of hydrogen-bond donors (Lipinski definition) is 3. The van der Waals surface area contributed by atoms with Crippen molar-refractivity contribution >= 4 is 17.3 Å². The predicted octanol–water partition coefficient (Wildman–Crippen LogP) is 1.74. The molecule has 0 aromatic heterocycles. The highest BCUT2D eigenvalue weighted by Crippen LogP contribution is 2.20. The van der Waals surface area contributed by atoms with Crippen LogP contribution in [0.4, 0.5) is 11.4 Å². The maximum Gasteiger partial charge on any atom is 0.250 e. The third-order valence-corrected chi connectivity index (χ3v) is 3.36. The summed E-state index contributed by atoms with van der Waals surface area (Å²) in [6.07, 6.45) is 4.74. The number of anilines is 2. The van der Waals surface area contributed by atoms with Crippen molar-refractivity contribution in [3.63, 3.8) is 0 Å². The molecular weight excluding hydrogens is 242 g/mol. The first-order chi connectivity index (χ1) is 9.16. The second-order valence-corrected chi connectivity index (χ2v) is 4.87. The van der Waals surface area contributed by atoms with E-state index in [-0.39, 0.29) is 0 Å². The fraction of sp³-hybridized carbons (Fsp3) is 0.500. The lowest BCUT2D eigenvalue weighted by molar-refractivity contribution is 0.0134. The second kappa shape index (κ2) is 6.43. The number of amides is 1. The quantitative estimate of drug-likeness (QED) is 0.706. The zero-order chi connectivity index (χ0) is 13.7. The van der Waals surface area contributed by atoms with Crippen LogP contribution in [0.5, 0.6) is 0 Å². The predicted molar refractivity (Wildman–Crippen MR) is 76.1 cm³/mol. The van der Waals surface area contributed by atoms with Crippen LogP contribution in [-0.4, -0.2) is 25.2 Å². The molecule has 1 unspecified atom stereocenters. The summed E-state index contributed by atoms with van der Waals surface area (Å²) in [5.74, 6) is -0.448. The van der Waals surface area contributed by atoms with Gasteiger partial charge in [-0.3, -0.25) is 4.79 Å². The van der Waals surface area contributed by atoms with Gasteiger partial charge in [-0.15, -0.1) is 0 Å².